The van der Waals surface area contributed by atoms with Gasteiger partial charge in [0, 0.05) is 31.8 Å². The highest BCUT2D eigenvalue weighted by Crippen LogP contribution is 2.22. The van der Waals surface area contributed by atoms with E-state index in [1.165, 1.54) is 6.07 Å². The lowest BCUT2D eigenvalue weighted by molar-refractivity contribution is -0.117. The van der Waals surface area contributed by atoms with E-state index in [1.807, 2.05) is 24.3 Å². The van der Waals surface area contributed by atoms with Crippen LogP contribution in [0.1, 0.15) is 0 Å². The Kier molecular flexibility index (Phi) is 5.76. The molecule has 0 bridgehead atoms. The summed E-state index contributed by atoms with van der Waals surface area (Å²) in [5.74, 6) is -0.411. The molecule has 1 amide bonds. The second-order valence-electron chi connectivity index (χ2n) is 5.43. The van der Waals surface area contributed by atoms with Crippen molar-refractivity contribution < 1.29 is 4.79 Å². The Morgan fingerprint density at radius 2 is 1.69 bits per heavy atom. The molecule has 0 unspecified atom stereocenters. The van der Waals surface area contributed by atoms with Gasteiger partial charge in [-0.3, -0.25) is 9.59 Å². The van der Waals surface area contributed by atoms with E-state index in [4.69, 9.17) is 23.2 Å². The molecule has 0 atom stereocenters. The Morgan fingerprint density at radius 3 is 2.35 bits per heavy atom. The summed E-state index contributed by atoms with van der Waals surface area (Å²) in [6, 6.07) is 15.2. The smallest absolute Gasteiger partial charge is 0.267 e. The van der Waals surface area contributed by atoms with Crippen LogP contribution in [-0.2, 0) is 11.3 Å². The first-order chi connectivity index (χ1) is 12.4. The van der Waals surface area contributed by atoms with Gasteiger partial charge in [0.15, 0.2) is 0 Å². The molecule has 1 N–H and O–H groups in total. The first kappa shape index (κ1) is 18.6. The fourth-order valence-corrected chi connectivity index (χ4v) is 3.09. The molecule has 0 saturated heterocycles. The third kappa shape index (κ3) is 4.72. The van der Waals surface area contributed by atoms with Crippen LogP contribution in [0, 0.1) is 0 Å². The summed E-state index contributed by atoms with van der Waals surface area (Å²) in [6.07, 6.45) is 0. The fourth-order valence-electron chi connectivity index (χ4n) is 2.30. The van der Waals surface area contributed by atoms with Crippen LogP contribution in [-0.4, -0.2) is 15.7 Å². The van der Waals surface area contributed by atoms with Crippen LogP contribution in [0.3, 0.4) is 0 Å². The van der Waals surface area contributed by atoms with Crippen LogP contribution in [0.2, 0.25) is 10.0 Å². The molecule has 0 aliphatic heterocycles. The summed E-state index contributed by atoms with van der Waals surface area (Å²) >= 11 is 15.2. The van der Waals surface area contributed by atoms with E-state index in [-0.39, 0.29) is 12.1 Å². The first-order valence-corrected chi connectivity index (χ1v) is 9.06. The molecule has 2 aromatic carbocycles. The number of aromatic nitrogens is 2. The quantitative estimate of drug-likeness (QED) is 0.628. The van der Waals surface area contributed by atoms with Gasteiger partial charge in [-0.1, -0.05) is 51.3 Å². The average molecular weight is 453 g/mol. The standard InChI is InChI=1S/C18H12BrCl2N3O2/c19-12-3-1-11(2-4-12)16-5-6-18(26)24(23-16)10-17(25)22-15-8-13(20)7-14(21)9-15/h1-9H,10H2,(H,22,25). The van der Waals surface area contributed by atoms with Crippen molar-refractivity contribution in [3.63, 3.8) is 0 Å². The van der Waals surface area contributed by atoms with Crippen molar-refractivity contribution in [2.24, 2.45) is 0 Å². The van der Waals surface area contributed by atoms with E-state index < -0.39 is 5.91 Å². The van der Waals surface area contributed by atoms with Gasteiger partial charge in [0.1, 0.15) is 6.54 Å². The minimum atomic E-state index is -0.411. The molecule has 0 aliphatic carbocycles. The Bertz CT molecular complexity index is 999. The second kappa shape index (κ2) is 8.03. The number of amides is 1. The molecule has 0 fully saturated rings. The van der Waals surface area contributed by atoms with Gasteiger partial charge in [-0.15, -0.1) is 0 Å². The van der Waals surface area contributed by atoms with Gasteiger partial charge in [-0.05, 0) is 36.4 Å². The minimum Gasteiger partial charge on any atom is -0.324 e. The van der Waals surface area contributed by atoms with Crippen LogP contribution < -0.4 is 10.9 Å². The highest BCUT2D eigenvalue weighted by atomic mass is 79.9. The number of halogens is 3. The molecule has 132 valence electrons. The number of benzene rings is 2. The predicted octanol–water partition coefficient (Wildman–Crippen LogP) is 4.62. The van der Waals surface area contributed by atoms with Crippen LogP contribution in [0.4, 0.5) is 5.69 Å². The van der Waals surface area contributed by atoms with Crippen LogP contribution >= 0.6 is 39.1 Å². The van der Waals surface area contributed by atoms with Crippen molar-refractivity contribution in [2.45, 2.75) is 6.54 Å². The number of carbonyl (C=O) groups excluding carboxylic acids is 1. The molecule has 8 heteroatoms. The van der Waals surface area contributed by atoms with Crippen LogP contribution in [0.5, 0.6) is 0 Å². The normalized spacial score (nSPS) is 10.6. The molecular formula is C18H12BrCl2N3O2. The lowest BCUT2D eigenvalue weighted by atomic mass is 10.1. The van der Waals surface area contributed by atoms with Crippen molar-refractivity contribution in [3.05, 3.63) is 79.5 Å². The van der Waals surface area contributed by atoms with Gasteiger partial charge in [0.25, 0.3) is 5.56 Å². The van der Waals surface area contributed by atoms with Gasteiger partial charge in [-0.2, -0.15) is 5.10 Å². The number of nitrogens with one attached hydrogen (secondary N) is 1. The summed E-state index contributed by atoms with van der Waals surface area (Å²) in [7, 11) is 0. The van der Waals surface area contributed by atoms with Crippen LogP contribution in [0.15, 0.2) is 63.9 Å². The molecule has 0 spiro atoms. The van der Waals surface area contributed by atoms with Crippen molar-refractivity contribution in [2.75, 3.05) is 5.32 Å². The molecule has 0 aliphatic rings. The largest absolute Gasteiger partial charge is 0.324 e. The zero-order valence-electron chi connectivity index (χ0n) is 13.2. The molecule has 26 heavy (non-hydrogen) atoms. The number of rotatable bonds is 4. The Balaban J connectivity index is 1.80. The third-order valence-electron chi connectivity index (χ3n) is 3.45. The van der Waals surface area contributed by atoms with E-state index in [0.29, 0.717) is 21.4 Å². The summed E-state index contributed by atoms with van der Waals surface area (Å²) in [6.45, 7) is -0.229. The van der Waals surface area contributed by atoms with Crippen molar-refractivity contribution in [3.8, 4) is 11.3 Å². The van der Waals surface area contributed by atoms with E-state index in [9.17, 15) is 9.59 Å². The zero-order valence-corrected chi connectivity index (χ0v) is 16.3. The molecule has 0 radical (unpaired) electrons. The predicted molar refractivity (Wildman–Crippen MR) is 107 cm³/mol. The number of nitrogens with zero attached hydrogens (tertiary/aromatic N) is 2. The number of anilines is 1. The molecule has 0 saturated carbocycles. The number of hydrogen-bond acceptors (Lipinski definition) is 3. The average Bonchev–Trinajstić information content (AvgIpc) is 2.56. The van der Waals surface area contributed by atoms with Gasteiger partial charge in [-0.25, -0.2) is 4.68 Å². The maximum Gasteiger partial charge on any atom is 0.267 e. The van der Waals surface area contributed by atoms with E-state index >= 15 is 0 Å². The summed E-state index contributed by atoms with van der Waals surface area (Å²) < 4.78 is 2.05. The van der Waals surface area contributed by atoms with Crippen LogP contribution in [0.25, 0.3) is 11.3 Å². The summed E-state index contributed by atoms with van der Waals surface area (Å²) in [5.41, 5.74) is 1.51. The Morgan fingerprint density at radius 1 is 1.04 bits per heavy atom. The molecule has 1 heterocycles. The second-order valence-corrected chi connectivity index (χ2v) is 7.22. The Labute approximate surface area is 167 Å². The summed E-state index contributed by atoms with van der Waals surface area (Å²) in [4.78, 5) is 24.3. The minimum absolute atomic E-state index is 0.229. The number of carbonyl (C=O) groups is 1. The lowest BCUT2D eigenvalue weighted by Crippen LogP contribution is -2.29. The first-order valence-electron chi connectivity index (χ1n) is 7.51. The van der Waals surface area contributed by atoms with Gasteiger partial charge in [0.05, 0.1) is 5.69 Å². The highest BCUT2D eigenvalue weighted by Gasteiger charge is 2.09. The maximum absolute atomic E-state index is 12.2. The fraction of sp³-hybridized carbons (Fsp3) is 0.0556. The highest BCUT2D eigenvalue weighted by molar-refractivity contribution is 9.10. The van der Waals surface area contributed by atoms with E-state index in [2.05, 4.69) is 26.3 Å². The van der Waals surface area contributed by atoms with E-state index in [0.717, 1.165) is 14.7 Å². The SMILES string of the molecule is O=C(Cn1nc(-c2ccc(Br)cc2)ccc1=O)Nc1cc(Cl)cc(Cl)c1. The van der Waals surface area contributed by atoms with Crippen molar-refractivity contribution in [1.82, 2.24) is 9.78 Å². The van der Waals surface area contributed by atoms with Crippen molar-refractivity contribution >= 4 is 50.7 Å². The molecular weight excluding hydrogens is 441 g/mol. The monoisotopic (exact) mass is 451 g/mol. The van der Waals surface area contributed by atoms with E-state index in [1.54, 1.807) is 24.3 Å². The van der Waals surface area contributed by atoms with Gasteiger partial charge < -0.3 is 5.32 Å². The van der Waals surface area contributed by atoms with Gasteiger partial charge in [0.2, 0.25) is 5.91 Å². The topological polar surface area (TPSA) is 64.0 Å². The lowest BCUT2D eigenvalue weighted by Gasteiger charge is -2.09. The van der Waals surface area contributed by atoms with Crippen molar-refractivity contribution in [1.29, 1.82) is 0 Å². The third-order valence-corrected chi connectivity index (χ3v) is 4.41. The number of hydrogen-bond donors (Lipinski definition) is 1. The molecule has 5 nitrogen and oxygen atoms in total. The zero-order chi connectivity index (χ0) is 18.7. The molecule has 3 rings (SSSR count). The van der Waals surface area contributed by atoms with Gasteiger partial charge >= 0.3 is 0 Å². The summed E-state index contributed by atoms with van der Waals surface area (Å²) in [5, 5.41) is 7.72. The Hall–Kier alpha value is -2.15. The maximum atomic E-state index is 12.2. The molecule has 1 aromatic heterocycles. The molecule has 3 aromatic rings.